The fourth-order valence-electron chi connectivity index (χ4n) is 2.44. The number of carboxylic acids is 1. The van der Waals surface area contributed by atoms with E-state index in [0.29, 0.717) is 12.3 Å². The van der Waals surface area contributed by atoms with Crippen molar-refractivity contribution in [2.75, 3.05) is 6.61 Å². The molecular weight excluding hydrogens is 274 g/mol. The molecule has 0 unspecified atom stereocenters. The third-order valence-corrected chi connectivity index (χ3v) is 3.49. The van der Waals surface area contributed by atoms with Gasteiger partial charge in [-0.1, -0.05) is 18.9 Å². The molecule has 0 aromatic rings. The minimum Gasteiger partial charge on any atom is -0.480 e. The minimum absolute atomic E-state index is 0.0601. The normalized spacial score (nSPS) is 16.8. The van der Waals surface area contributed by atoms with Gasteiger partial charge in [-0.05, 0) is 32.1 Å². The number of carboxylic acid groups (broad SMARTS) is 1. The second kappa shape index (κ2) is 9.15. The number of nitrogens with one attached hydrogen (secondary N) is 1. The predicted octanol–water partition coefficient (Wildman–Crippen LogP) is 1.65. The standard InChI is InChI=1S/C15H23NO5/c1-2-21-14(18)9-5-8-12(15(19)20)16-13(17)10-11-6-3-4-7-11/h5,9,11-12H,2-4,6-8,10H2,1H3,(H,16,17)(H,19,20)/b9-5+/t12-/m0/s1. The minimum atomic E-state index is -1.11. The van der Waals surface area contributed by atoms with E-state index >= 15 is 0 Å². The van der Waals surface area contributed by atoms with E-state index in [1.54, 1.807) is 6.92 Å². The highest BCUT2D eigenvalue weighted by Gasteiger charge is 2.22. The lowest BCUT2D eigenvalue weighted by molar-refractivity contribution is -0.142. The zero-order chi connectivity index (χ0) is 15.7. The SMILES string of the molecule is CCOC(=O)/C=C/C[C@H](NC(=O)CC1CCCC1)C(=O)O. The number of ether oxygens (including phenoxy) is 1. The lowest BCUT2D eigenvalue weighted by atomic mass is 10.0. The van der Waals surface area contributed by atoms with Crippen LogP contribution in [0.25, 0.3) is 0 Å². The van der Waals surface area contributed by atoms with E-state index in [2.05, 4.69) is 5.32 Å². The van der Waals surface area contributed by atoms with Gasteiger partial charge in [0.05, 0.1) is 6.61 Å². The first-order valence-corrected chi connectivity index (χ1v) is 7.38. The summed E-state index contributed by atoms with van der Waals surface area (Å²) in [5.41, 5.74) is 0. The van der Waals surface area contributed by atoms with Crippen molar-refractivity contribution in [3.63, 3.8) is 0 Å². The molecule has 118 valence electrons. The Morgan fingerprint density at radius 2 is 2.00 bits per heavy atom. The van der Waals surface area contributed by atoms with Crippen molar-refractivity contribution in [1.82, 2.24) is 5.32 Å². The average Bonchev–Trinajstić information content (AvgIpc) is 2.90. The number of amides is 1. The zero-order valence-corrected chi connectivity index (χ0v) is 12.3. The van der Waals surface area contributed by atoms with Crippen molar-refractivity contribution < 1.29 is 24.2 Å². The van der Waals surface area contributed by atoms with Gasteiger partial charge in [-0.3, -0.25) is 4.79 Å². The monoisotopic (exact) mass is 297 g/mol. The number of rotatable bonds is 8. The molecule has 6 nitrogen and oxygen atoms in total. The molecule has 2 N–H and O–H groups in total. The summed E-state index contributed by atoms with van der Waals surface area (Å²) in [7, 11) is 0. The predicted molar refractivity (Wildman–Crippen MR) is 76.5 cm³/mol. The second-order valence-corrected chi connectivity index (χ2v) is 5.20. The van der Waals surface area contributed by atoms with Crippen LogP contribution in [-0.2, 0) is 19.1 Å². The van der Waals surface area contributed by atoms with E-state index in [1.807, 2.05) is 0 Å². The molecule has 21 heavy (non-hydrogen) atoms. The number of esters is 1. The molecule has 0 aliphatic heterocycles. The maximum absolute atomic E-state index is 11.8. The van der Waals surface area contributed by atoms with E-state index in [0.717, 1.165) is 25.7 Å². The van der Waals surface area contributed by atoms with Gasteiger partial charge >= 0.3 is 11.9 Å². The molecule has 0 radical (unpaired) electrons. The molecule has 1 aliphatic rings. The topological polar surface area (TPSA) is 92.7 Å². The van der Waals surface area contributed by atoms with E-state index < -0.39 is 18.0 Å². The van der Waals surface area contributed by atoms with Crippen molar-refractivity contribution in [3.8, 4) is 0 Å². The van der Waals surface area contributed by atoms with Crippen molar-refractivity contribution >= 4 is 17.8 Å². The summed E-state index contributed by atoms with van der Waals surface area (Å²) >= 11 is 0. The lowest BCUT2D eigenvalue weighted by Crippen LogP contribution is -2.40. The Hall–Kier alpha value is -1.85. The summed E-state index contributed by atoms with van der Waals surface area (Å²) < 4.78 is 4.69. The van der Waals surface area contributed by atoms with Crippen LogP contribution in [0.15, 0.2) is 12.2 Å². The Bertz CT molecular complexity index is 399. The quantitative estimate of drug-likeness (QED) is 0.525. The van der Waals surface area contributed by atoms with Gasteiger partial charge in [-0.15, -0.1) is 0 Å². The molecule has 0 heterocycles. The number of hydrogen-bond donors (Lipinski definition) is 2. The van der Waals surface area contributed by atoms with Crippen molar-refractivity contribution in [3.05, 3.63) is 12.2 Å². The molecule has 1 saturated carbocycles. The molecule has 0 aromatic heterocycles. The van der Waals surface area contributed by atoms with Gasteiger partial charge in [-0.2, -0.15) is 0 Å². The molecule has 1 amide bonds. The van der Waals surface area contributed by atoms with Crippen LogP contribution in [0.1, 0.15) is 45.4 Å². The lowest BCUT2D eigenvalue weighted by Gasteiger charge is -2.14. The first kappa shape index (κ1) is 17.2. The van der Waals surface area contributed by atoms with Crippen LogP contribution in [0.4, 0.5) is 0 Å². The van der Waals surface area contributed by atoms with Crippen LogP contribution in [0, 0.1) is 5.92 Å². The van der Waals surface area contributed by atoms with Crippen LogP contribution in [0.5, 0.6) is 0 Å². The highest BCUT2D eigenvalue weighted by molar-refractivity contribution is 5.84. The molecule has 0 bridgehead atoms. The molecule has 0 saturated heterocycles. The smallest absolute Gasteiger partial charge is 0.330 e. The molecule has 1 fully saturated rings. The summed E-state index contributed by atoms with van der Waals surface area (Å²) in [6, 6.07) is -1.01. The summed E-state index contributed by atoms with van der Waals surface area (Å²) in [5.74, 6) is -1.49. The van der Waals surface area contributed by atoms with Gasteiger partial charge < -0.3 is 15.2 Å². The molecule has 1 aliphatic carbocycles. The maximum Gasteiger partial charge on any atom is 0.330 e. The molecule has 0 aromatic carbocycles. The van der Waals surface area contributed by atoms with Crippen LogP contribution in [0.3, 0.4) is 0 Å². The average molecular weight is 297 g/mol. The third-order valence-electron chi connectivity index (χ3n) is 3.49. The Kier molecular flexibility index (Phi) is 7.50. The number of aliphatic carboxylic acids is 1. The Balaban J connectivity index is 2.39. The van der Waals surface area contributed by atoms with E-state index in [9.17, 15) is 14.4 Å². The first-order valence-electron chi connectivity index (χ1n) is 7.38. The molecule has 0 spiro atoms. The zero-order valence-electron chi connectivity index (χ0n) is 12.3. The molecule has 6 heteroatoms. The van der Waals surface area contributed by atoms with Crippen LogP contribution in [0.2, 0.25) is 0 Å². The number of carbonyl (C=O) groups excluding carboxylic acids is 2. The van der Waals surface area contributed by atoms with Crippen molar-refractivity contribution in [1.29, 1.82) is 0 Å². The fourth-order valence-corrected chi connectivity index (χ4v) is 2.44. The summed E-state index contributed by atoms with van der Waals surface area (Å²) in [6.07, 6.45) is 7.39. The van der Waals surface area contributed by atoms with Gasteiger partial charge in [0.1, 0.15) is 6.04 Å². The van der Waals surface area contributed by atoms with Gasteiger partial charge in [-0.25, -0.2) is 9.59 Å². The van der Waals surface area contributed by atoms with Crippen LogP contribution in [-0.4, -0.2) is 35.6 Å². The number of hydrogen-bond acceptors (Lipinski definition) is 4. The number of carbonyl (C=O) groups is 3. The second-order valence-electron chi connectivity index (χ2n) is 5.20. The Morgan fingerprint density at radius 1 is 1.33 bits per heavy atom. The van der Waals surface area contributed by atoms with E-state index in [-0.39, 0.29) is 18.9 Å². The van der Waals surface area contributed by atoms with Gasteiger partial charge in [0.25, 0.3) is 0 Å². The Morgan fingerprint density at radius 3 is 2.57 bits per heavy atom. The highest BCUT2D eigenvalue weighted by Crippen LogP contribution is 2.27. The van der Waals surface area contributed by atoms with Gasteiger partial charge in [0.2, 0.25) is 5.91 Å². The van der Waals surface area contributed by atoms with Crippen molar-refractivity contribution in [2.24, 2.45) is 5.92 Å². The summed E-state index contributed by atoms with van der Waals surface area (Å²) in [5, 5.41) is 11.6. The maximum atomic E-state index is 11.8. The highest BCUT2D eigenvalue weighted by atomic mass is 16.5. The van der Waals surface area contributed by atoms with E-state index in [1.165, 1.54) is 12.2 Å². The van der Waals surface area contributed by atoms with Crippen molar-refractivity contribution in [2.45, 2.75) is 51.5 Å². The summed E-state index contributed by atoms with van der Waals surface area (Å²) in [4.78, 5) is 34.0. The fraction of sp³-hybridized carbons (Fsp3) is 0.667. The molecule has 1 rings (SSSR count). The molecule has 1 atom stereocenters. The van der Waals surface area contributed by atoms with Crippen LogP contribution < -0.4 is 5.32 Å². The van der Waals surface area contributed by atoms with Gasteiger partial charge in [0.15, 0.2) is 0 Å². The van der Waals surface area contributed by atoms with Gasteiger partial charge in [0, 0.05) is 12.5 Å². The first-order chi connectivity index (χ1) is 10.0. The van der Waals surface area contributed by atoms with E-state index in [4.69, 9.17) is 9.84 Å². The summed E-state index contributed by atoms with van der Waals surface area (Å²) in [6.45, 7) is 1.96. The Labute approximate surface area is 124 Å². The van der Waals surface area contributed by atoms with Crippen LogP contribution >= 0.6 is 0 Å². The molecular formula is C15H23NO5. The largest absolute Gasteiger partial charge is 0.480 e. The third kappa shape index (κ3) is 6.92.